The van der Waals surface area contributed by atoms with E-state index in [0.717, 1.165) is 25.7 Å². The van der Waals surface area contributed by atoms with Crippen LogP contribution in [-0.4, -0.2) is 23.4 Å². The van der Waals surface area contributed by atoms with Crippen LogP contribution >= 0.6 is 0 Å². The number of hydrogen-bond donors (Lipinski definition) is 2. The van der Waals surface area contributed by atoms with Crippen LogP contribution in [0, 0.1) is 14.9 Å². The molecule has 2 N–H and O–H groups in total. The third kappa shape index (κ3) is 66.5. The minimum absolute atomic E-state index is 0. The molecule has 0 atom stereocenters. The van der Waals surface area contributed by atoms with Crippen molar-refractivity contribution in [1.82, 2.24) is 0 Å². The second-order valence-electron chi connectivity index (χ2n) is 2.15. The maximum absolute atomic E-state index is 8.07. The molecule has 0 aliphatic rings. The SMILES string of the molecule is CCCCO.CCCCO.[CH3-].[CH3-].[Ti+2]. The predicted octanol–water partition coefficient (Wildman–Crippen LogP) is 2.46. The fourth-order valence-corrected chi connectivity index (χ4v) is 0.316. The van der Waals surface area contributed by atoms with E-state index in [4.69, 9.17) is 10.2 Å². The third-order valence-electron chi connectivity index (χ3n) is 1.02. The maximum Gasteiger partial charge on any atom is 2.00 e. The van der Waals surface area contributed by atoms with Crippen LogP contribution in [0.1, 0.15) is 39.5 Å². The summed E-state index contributed by atoms with van der Waals surface area (Å²) >= 11 is 0. The molecular formula is C10H26O2Ti. The van der Waals surface area contributed by atoms with Crippen molar-refractivity contribution in [3.63, 3.8) is 0 Å². The van der Waals surface area contributed by atoms with Crippen molar-refractivity contribution in [3.8, 4) is 0 Å². The van der Waals surface area contributed by atoms with Gasteiger partial charge in [0.25, 0.3) is 0 Å². The first-order chi connectivity index (χ1) is 4.83. The van der Waals surface area contributed by atoms with E-state index in [0.29, 0.717) is 13.2 Å². The van der Waals surface area contributed by atoms with Gasteiger partial charge in [-0.2, -0.15) is 0 Å². The van der Waals surface area contributed by atoms with E-state index < -0.39 is 0 Å². The summed E-state index contributed by atoms with van der Waals surface area (Å²) in [4.78, 5) is 0. The van der Waals surface area contributed by atoms with Gasteiger partial charge in [-0.25, -0.2) is 0 Å². The Morgan fingerprint density at radius 3 is 1.00 bits per heavy atom. The second kappa shape index (κ2) is 38.9. The fourth-order valence-electron chi connectivity index (χ4n) is 0.316. The van der Waals surface area contributed by atoms with Crippen LogP contribution in [0.2, 0.25) is 0 Å². The molecule has 2 nitrogen and oxygen atoms in total. The van der Waals surface area contributed by atoms with Gasteiger partial charge in [0.1, 0.15) is 0 Å². The Kier molecular flexibility index (Phi) is 87.3. The molecule has 82 valence electrons. The third-order valence-corrected chi connectivity index (χ3v) is 1.02. The van der Waals surface area contributed by atoms with E-state index in [9.17, 15) is 0 Å². The van der Waals surface area contributed by atoms with Crippen LogP contribution < -0.4 is 0 Å². The predicted molar refractivity (Wildman–Crippen MR) is 56.8 cm³/mol. The van der Waals surface area contributed by atoms with Gasteiger partial charge in [-0.1, -0.05) is 26.7 Å². The molecule has 0 saturated heterocycles. The molecule has 0 aromatic heterocycles. The number of aliphatic hydroxyl groups excluding tert-OH is 2. The smallest absolute Gasteiger partial charge is 0.396 e. The van der Waals surface area contributed by atoms with Gasteiger partial charge >= 0.3 is 21.7 Å². The van der Waals surface area contributed by atoms with Crippen molar-refractivity contribution in [2.24, 2.45) is 0 Å². The summed E-state index contributed by atoms with van der Waals surface area (Å²) in [6, 6.07) is 0. The number of aliphatic hydroxyl groups is 2. The monoisotopic (exact) mass is 226 g/mol. The maximum atomic E-state index is 8.07. The number of hydrogen-bond acceptors (Lipinski definition) is 2. The molecule has 0 spiro atoms. The Labute approximate surface area is 99.6 Å². The summed E-state index contributed by atoms with van der Waals surface area (Å²) in [6.45, 7) is 4.79. The minimum Gasteiger partial charge on any atom is -0.396 e. The van der Waals surface area contributed by atoms with Gasteiger partial charge in [0.2, 0.25) is 0 Å². The molecule has 0 aliphatic heterocycles. The van der Waals surface area contributed by atoms with Crippen LogP contribution in [0.25, 0.3) is 0 Å². The molecule has 13 heavy (non-hydrogen) atoms. The normalized spacial score (nSPS) is 6.46. The van der Waals surface area contributed by atoms with Crippen molar-refractivity contribution in [1.29, 1.82) is 0 Å². The van der Waals surface area contributed by atoms with Gasteiger partial charge in [0, 0.05) is 13.2 Å². The molecule has 0 aromatic carbocycles. The zero-order valence-corrected chi connectivity index (χ0v) is 11.2. The van der Waals surface area contributed by atoms with Crippen molar-refractivity contribution in [2.45, 2.75) is 39.5 Å². The van der Waals surface area contributed by atoms with Crippen LogP contribution in [0.3, 0.4) is 0 Å². The van der Waals surface area contributed by atoms with E-state index in [1.807, 2.05) is 0 Å². The summed E-state index contributed by atoms with van der Waals surface area (Å²) in [6.07, 6.45) is 4.08. The molecule has 0 fully saturated rings. The topological polar surface area (TPSA) is 40.5 Å². The molecule has 3 heteroatoms. The van der Waals surface area contributed by atoms with Gasteiger partial charge in [-0.15, -0.1) is 0 Å². The molecule has 0 unspecified atom stereocenters. The Morgan fingerprint density at radius 1 is 0.769 bits per heavy atom. The van der Waals surface area contributed by atoms with Gasteiger partial charge in [-0.05, 0) is 12.8 Å². The summed E-state index contributed by atoms with van der Waals surface area (Å²) in [7, 11) is 0. The van der Waals surface area contributed by atoms with Crippen LogP contribution in [-0.2, 0) is 21.7 Å². The van der Waals surface area contributed by atoms with Gasteiger partial charge in [0.05, 0.1) is 0 Å². The summed E-state index contributed by atoms with van der Waals surface area (Å²) < 4.78 is 0. The Bertz CT molecular complexity index is 33.9. The minimum atomic E-state index is 0. The van der Waals surface area contributed by atoms with Crippen LogP contribution in [0.5, 0.6) is 0 Å². The largest absolute Gasteiger partial charge is 2.00 e. The summed E-state index contributed by atoms with van der Waals surface area (Å²) in [5, 5.41) is 16.1. The Balaban J connectivity index is -0.0000000267. The van der Waals surface area contributed by atoms with Crippen molar-refractivity contribution in [3.05, 3.63) is 14.9 Å². The zero-order chi connectivity index (χ0) is 8.24. The molecule has 0 amide bonds. The van der Waals surface area contributed by atoms with Crippen molar-refractivity contribution in [2.75, 3.05) is 13.2 Å². The number of rotatable bonds is 4. The van der Waals surface area contributed by atoms with Crippen molar-refractivity contribution < 1.29 is 31.9 Å². The van der Waals surface area contributed by atoms with E-state index >= 15 is 0 Å². The Morgan fingerprint density at radius 2 is 1.00 bits per heavy atom. The van der Waals surface area contributed by atoms with Crippen LogP contribution in [0.15, 0.2) is 0 Å². The molecule has 0 aliphatic carbocycles. The Hall–Kier alpha value is 0.634. The fraction of sp³-hybridized carbons (Fsp3) is 0.800. The van der Waals surface area contributed by atoms with Gasteiger partial charge in [0.15, 0.2) is 0 Å². The first-order valence-corrected chi connectivity index (χ1v) is 4.05. The summed E-state index contributed by atoms with van der Waals surface area (Å²) in [5.74, 6) is 0. The molecule has 0 bridgehead atoms. The average molecular weight is 226 g/mol. The molecular weight excluding hydrogens is 200 g/mol. The van der Waals surface area contributed by atoms with E-state index in [1.54, 1.807) is 0 Å². The zero-order valence-electron chi connectivity index (χ0n) is 9.64. The van der Waals surface area contributed by atoms with Gasteiger partial charge < -0.3 is 25.1 Å². The van der Waals surface area contributed by atoms with E-state index in [-0.39, 0.29) is 36.6 Å². The van der Waals surface area contributed by atoms with E-state index in [1.165, 1.54) is 0 Å². The van der Waals surface area contributed by atoms with Crippen molar-refractivity contribution >= 4 is 0 Å². The average Bonchev–Trinajstić information content (AvgIpc) is 1.93. The second-order valence-corrected chi connectivity index (χ2v) is 2.15. The van der Waals surface area contributed by atoms with E-state index in [2.05, 4.69) is 13.8 Å². The van der Waals surface area contributed by atoms with Gasteiger partial charge in [-0.3, -0.25) is 0 Å². The first-order valence-electron chi connectivity index (χ1n) is 4.05. The quantitative estimate of drug-likeness (QED) is 0.571. The molecule has 0 rings (SSSR count). The molecule has 0 saturated carbocycles. The molecule has 0 radical (unpaired) electrons. The number of unbranched alkanes of at least 4 members (excludes halogenated alkanes) is 2. The van der Waals surface area contributed by atoms with Crippen LogP contribution in [0.4, 0.5) is 0 Å². The first kappa shape index (κ1) is 29.2. The summed E-state index contributed by atoms with van der Waals surface area (Å²) in [5.41, 5.74) is 0. The molecule has 0 heterocycles. The molecule has 0 aromatic rings. The standard InChI is InChI=1S/2C4H10O.2CH3.Ti/c2*1-2-3-4-5;;;/h2*5H,2-4H2,1H3;2*1H3;/q;;2*-1;+2.